The van der Waals surface area contributed by atoms with Gasteiger partial charge in [0.25, 0.3) is 0 Å². The molecule has 1 heterocycles. The largest absolute Gasteiger partial charge is 0.325 e. The second-order valence-corrected chi connectivity index (χ2v) is 10.5. The first-order valence-corrected chi connectivity index (χ1v) is 12.4. The van der Waals surface area contributed by atoms with Crippen LogP contribution in [0.2, 0.25) is 0 Å². The minimum absolute atomic E-state index is 0.0835. The molecule has 4 rings (SSSR count). The lowest BCUT2D eigenvalue weighted by molar-refractivity contribution is -0.116. The molecule has 1 N–H and O–H groups in total. The number of carbonyl (C=O) groups is 1. The summed E-state index contributed by atoms with van der Waals surface area (Å²) >= 11 is 4.69. The van der Waals surface area contributed by atoms with Crippen molar-refractivity contribution in [3.8, 4) is 0 Å². The molecule has 9 heteroatoms. The van der Waals surface area contributed by atoms with E-state index in [1.165, 1.54) is 28.0 Å². The number of aromatic nitrogens is 1. The predicted octanol–water partition coefficient (Wildman–Crippen LogP) is 4.89. The molecule has 0 bridgehead atoms. The van der Waals surface area contributed by atoms with Crippen molar-refractivity contribution < 1.29 is 13.2 Å². The summed E-state index contributed by atoms with van der Waals surface area (Å²) in [6.45, 7) is -0.229. The fraction of sp³-hybridized carbons (Fsp3) is 0.0909. The van der Waals surface area contributed by atoms with Crippen LogP contribution < -0.4 is 5.32 Å². The number of fused-ring (bicyclic) bond motifs is 1. The van der Waals surface area contributed by atoms with Crippen LogP contribution in [-0.4, -0.2) is 29.5 Å². The van der Waals surface area contributed by atoms with Gasteiger partial charge in [-0.25, -0.2) is 8.42 Å². The van der Waals surface area contributed by atoms with E-state index in [0.29, 0.717) is 5.69 Å². The molecule has 0 atom stereocenters. The number of amides is 1. The lowest BCUT2D eigenvalue weighted by atomic mass is 10.2. The summed E-state index contributed by atoms with van der Waals surface area (Å²) in [4.78, 5) is 12.9. The quantitative estimate of drug-likeness (QED) is 0.380. The number of anilines is 1. The zero-order chi connectivity index (χ0) is 21.8. The second kappa shape index (κ2) is 9.27. The van der Waals surface area contributed by atoms with Gasteiger partial charge in [0.1, 0.15) is 0 Å². The van der Waals surface area contributed by atoms with Gasteiger partial charge in [0.05, 0.1) is 16.1 Å². The van der Waals surface area contributed by atoms with Crippen molar-refractivity contribution in [3.63, 3.8) is 0 Å². The Morgan fingerprint density at radius 2 is 1.77 bits per heavy atom. The first-order chi connectivity index (χ1) is 14.9. The van der Waals surface area contributed by atoms with Gasteiger partial charge >= 0.3 is 0 Å². The van der Waals surface area contributed by atoms with Crippen LogP contribution in [0, 0.1) is 0 Å². The van der Waals surface area contributed by atoms with E-state index in [1.807, 2.05) is 42.5 Å². The van der Waals surface area contributed by atoms with Crippen molar-refractivity contribution in [2.45, 2.75) is 11.4 Å². The molecule has 0 saturated heterocycles. The smallest absolute Gasteiger partial charge is 0.243 e. The Balaban J connectivity index is 1.58. The van der Waals surface area contributed by atoms with Gasteiger partial charge < -0.3 is 5.32 Å². The average Bonchev–Trinajstić information content (AvgIpc) is 3.22. The van der Waals surface area contributed by atoms with Gasteiger partial charge in [0.2, 0.25) is 15.9 Å². The molecular formula is C22H18BrN3O3S2. The number of hydrogen-bond acceptors (Lipinski definition) is 5. The standard InChI is InChI=1S/C22H18BrN3O3S2/c23-18-6-9-20(10-7-18)31(28,29)26(14-16-4-2-1-3-5-16)15-22(27)25-19-8-11-21-17(12-19)13-24-30-21/h1-13H,14-15H2,(H,25,27). The first-order valence-electron chi connectivity index (χ1n) is 9.36. The van der Waals surface area contributed by atoms with Gasteiger partial charge in [0, 0.05) is 28.3 Å². The van der Waals surface area contributed by atoms with E-state index < -0.39 is 15.9 Å². The Morgan fingerprint density at radius 1 is 1.03 bits per heavy atom. The summed E-state index contributed by atoms with van der Waals surface area (Å²) < 4.78 is 33.7. The van der Waals surface area contributed by atoms with Gasteiger partial charge in [-0.1, -0.05) is 46.3 Å². The van der Waals surface area contributed by atoms with Crippen molar-refractivity contribution in [1.29, 1.82) is 0 Å². The molecule has 0 radical (unpaired) electrons. The normalized spacial score (nSPS) is 11.7. The summed E-state index contributed by atoms with van der Waals surface area (Å²) in [7, 11) is -3.89. The summed E-state index contributed by atoms with van der Waals surface area (Å²) in [5, 5.41) is 3.72. The van der Waals surface area contributed by atoms with Crippen LogP contribution >= 0.6 is 27.5 Å². The summed E-state index contributed by atoms with van der Waals surface area (Å²) in [5.74, 6) is -0.417. The molecule has 1 aromatic heterocycles. The summed E-state index contributed by atoms with van der Waals surface area (Å²) in [6, 6.07) is 21.1. The molecule has 3 aromatic carbocycles. The third kappa shape index (κ3) is 5.19. The van der Waals surface area contributed by atoms with Gasteiger partial charge in [0.15, 0.2) is 0 Å². The molecule has 0 aliphatic carbocycles. The van der Waals surface area contributed by atoms with Crippen LogP contribution in [0.25, 0.3) is 10.1 Å². The molecule has 1 amide bonds. The van der Waals surface area contributed by atoms with E-state index in [4.69, 9.17) is 0 Å². The molecule has 4 aromatic rings. The monoisotopic (exact) mass is 515 g/mol. The van der Waals surface area contributed by atoms with Crippen molar-refractivity contribution in [2.75, 3.05) is 11.9 Å². The minimum Gasteiger partial charge on any atom is -0.325 e. The predicted molar refractivity (Wildman–Crippen MR) is 126 cm³/mol. The van der Waals surface area contributed by atoms with Gasteiger partial charge in [-0.2, -0.15) is 8.68 Å². The Morgan fingerprint density at radius 3 is 2.52 bits per heavy atom. The van der Waals surface area contributed by atoms with Gasteiger partial charge in [-0.3, -0.25) is 4.79 Å². The molecule has 0 fully saturated rings. The number of halogens is 1. The van der Waals surface area contributed by atoms with Crippen LogP contribution in [0.4, 0.5) is 5.69 Å². The van der Waals surface area contributed by atoms with Crippen LogP contribution in [0.3, 0.4) is 0 Å². The van der Waals surface area contributed by atoms with Crippen molar-refractivity contribution >= 4 is 59.2 Å². The highest BCUT2D eigenvalue weighted by molar-refractivity contribution is 9.10. The maximum absolute atomic E-state index is 13.3. The topological polar surface area (TPSA) is 79.4 Å². The Hall–Kier alpha value is -2.59. The van der Waals surface area contributed by atoms with E-state index in [-0.39, 0.29) is 18.0 Å². The molecule has 0 saturated carbocycles. The second-order valence-electron chi connectivity index (χ2n) is 6.84. The van der Waals surface area contributed by atoms with Crippen LogP contribution in [0.5, 0.6) is 0 Å². The van der Waals surface area contributed by atoms with E-state index in [0.717, 1.165) is 20.1 Å². The van der Waals surface area contributed by atoms with Crippen LogP contribution in [0.15, 0.2) is 88.4 Å². The van der Waals surface area contributed by atoms with Gasteiger partial charge in [-0.15, -0.1) is 0 Å². The highest BCUT2D eigenvalue weighted by atomic mass is 79.9. The molecule has 0 unspecified atom stereocenters. The van der Waals surface area contributed by atoms with Gasteiger partial charge in [-0.05, 0) is 59.6 Å². The fourth-order valence-corrected chi connectivity index (χ4v) is 5.35. The number of nitrogens with one attached hydrogen (secondary N) is 1. The fourth-order valence-electron chi connectivity index (χ4n) is 3.08. The lowest BCUT2D eigenvalue weighted by Gasteiger charge is -2.22. The molecule has 158 valence electrons. The zero-order valence-corrected chi connectivity index (χ0v) is 19.5. The molecule has 0 aliphatic rings. The molecule has 0 spiro atoms. The summed E-state index contributed by atoms with van der Waals surface area (Å²) in [5.41, 5.74) is 1.39. The Bertz CT molecular complexity index is 1310. The lowest BCUT2D eigenvalue weighted by Crippen LogP contribution is -2.37. The van der Waals surface area contributed by atoms with E-state index in [1.54, 1.807) is 24.4 Å². The third-order valence-corrected chi connectivity index (χ3v) is 7.72. The number of hydrogen-bond donors (Lipinski definition) is 1. The molecule has 6 nitrogen and oxygen atoms in total. The highest BCUT2D eigenvalue weighted by Gasteiger charge is 2.27. The maximum atomic E-state index is 13.3. The van der Waals surface area contributed by atoms with E-state index >= 15 is 0 Å². The number of sulfonamides is 1. The van der Waals surface area contributed by atoms with Crippen LogP contribution in [-0.2, 0) is 21.4 Å². The third-order valence-electron chi connectivity index (χ3n) is 4.61. The van der Waals surface area contributed by atoms with E-state index in [2.05, 4.69) is 25.6 Å². The average molecular weight is 516 g/mol. The Kier molecular flexibility index (Phi) is 6.47. The maximum Gasteiger partial charge on any atom is 0.243 e. The molecule has 0 aliphatic heterocycles. The summed E-state index contributed by atoms with van der Waals surface area (Å²) in [6.07, 6.45) is 1.73. The highest BCUT2D eigenvalue weighted by Crippen LogP contribution is 2.23. The van der Waals surface area contributed by atoms with Crippen molar-refractivity contribution in [2.24, 2.45) is 0 Å². The number of benzene rings is 3. The first kappa shape index (κ1) is 21.6. The SMILES string of the molecule is O=C(CN(Cc1ccccc1)S(=O)(=O)c1ccc(Br)cc1)Nc1ccc2sncc2c1. The minimum atomic E-state index is -3.89. The van der Waals surface area contributed by atoms with Crippen LogP contribution in [0.1, 0.15) is 5.56 Å². The number of carbonyl (C=O) groups excluding carboxylic acids is 1. The number of nitrogens with zero attached hydrogens (tertiary/aromatic N) is 2. The van der Waals surface area contributed by atoms with E-state index in [9.17, 15) is 13.2 Å². The van der Waals surface area contributed by atoms with Crippen molar-refractivity contribution in [3.05, 3.63) is 89.0 Å². The molecular weight excluding hydrogens is 498 g/mol. The van der Waals surface area contributed by atoms with Crippen molar-refractivity contribution in [1.82, 2.24) is 8.68 Å². The zero-order valence-electron chi connectivity index (χ0n) is 16.2. The Labute approximate surface area is 192 Å². The number of rotatable bonds is 7. The molecule has 31 heavy (non-hydrogen) atoms.